The molecule has 0 aromatic heterocycles. The molecule has 1 unspecified atom stereocenters. The van der Waals surface area contributed by atoms with Crippen molar-refractivity contribution in [2.45, 2.75) is 31.7 Å². The second-order valence-electron chi connectivity index (χ2n) is 5.19. The summed E-state index contributed by atoms with van der Waals surface area (Å²) in [7, 11) is 3.93. The van der Waals surface area contributed by atoms with Crippen LogP contribution in [0.5, 0.6) is 0 Å². The Morgan fingerprint density at radius 2 is 2.00 bits per heavy atom. The number of nitrogens with two attached hydrogens (primary N) is 1. The number of ether oxygens (including phenoxy) is 1. The third-order valence-electron chi connectivity index (χ3n) is 4.21. The Balaban J connectivity index is 2.43. The van der Waals surface area contributed by atoms with E-state index >= 15 is 0 Å². The molecule has 0 amide bonds. The quantitative estimate of drug-likeness (QED) is 0.684. The average molecular weight is 243 g/mol. The maximum atomic E-state index is 5.95. The Morgan fingerprint density at radius 1 is 1.35 bits per heavy atom. The van der Waals surface area contributed by atoms with Crippen molar-refractivity contribution in [2.24, 2.45) is 5.73 Å². The van der Waals surface area contributed by atoms with Crippen LogP contribution in [0.3, 0.4) is 0 Å². The molecule has 102 valence electrons. The Morgan fingerprint density at radius 3 is 2.47 bits per heavy atom. The lowest BCUT2D eigenvalue weighted by Crippen LogP contribution is -2.56. The number of rotatable bonds is 8. The first kappa shape index (κ1) is 14.9. The fourth-order valence-corrected chi connectivity index (χ4v) is 2.64. The van der Waals surface area contributed by atoms with Gasteiger partial charge in [-0.05, 0) is 39.4 Å². The van der Waals surface area contributed by atoms with Gasteiger partial charge in [-0.1, -0.05) is 6.92 Å². The molecule has 1 atom stereocenters. The van der Waals surface area contributed by atoms with Gasteiger partial charge in [-0.3, -0.25) is 4.90 Å². The molecule has 4 nitrogen and oxygen atoms in total. The Hall–Kier alpha value is -0.160. The van der Waals surface area contributed by atoms with E-state index in [1.165, 1.54) is 25.9 Å². The average Bonchev–Trinajstić information content (AvgIpc) is 2.86. The van der Waals surface area contributed by atoms with E-state index in [2.05, 4.69) is 23.8 Å². The van der Waals surface area contributed by atoms with E-state index in [4.69, 9.17) is 10.5 Å². The Bertz CT molecular complexity index is 201. The van der Waals surface area contributed by atoms with Crippen LogP contribution in [0.15, 0.2) is 0 Å². The van der Waals surface area contributed by atoms with Crippen molar-refractivity contribution in [1.29, 1.82) is 0 Å². The minimum absolute atomic E-state index is 0.00841. The fourth-order valence-electron chi connectivity index (χ4n) is 2.64. The Labute approximate surface area is 106 Å². The maximum absolute atomic E-state index is 5.95. The zero-order chi connectivity index (χ0) is 12.7. The van der Waals surface area contributed by atoms with E-state index < -0.39 is 0 Å². The van der Waals surface area contributed by atoms with E-state index in [0.717, 1.165) is 26.1 Å². The van der Waals surface area contributed by atoms with E-state index in [0.29, 0.717) is 6.54 Å². The predicted molar refractivity (Wildman–Crippen MR) is 72.3 cm³/mol. The van der Waals surface area contributed by atoms with Gasteiger partial charge in [0.05, 0.1) is 12.1 Å². The van der Waals surface area contributed by atoms with Gasteiger partial charge < -0.3 is 15.4 Å². The minimum Gasteiger partial charge on any atom is -0.383 e. The van der Waals surface area contributed by atoms with E-state index in [9.17, 15) is 0 Å². The van der Waals surface area contributed by atoms with Gasteiger partial charge in [0.2, 0.25) is 0 Å². The van der Waals surface area contributed by atoms with Gasteiger partial charge in [0.25, 0.3) is 0 Å². The summed E-state index contributed by atoms with van der Waals surface area (Å²) < 4.78 is 5.35. The van der Waals surface area contributed by atoms with Crippen molar-refractivity contribution in [3.63, 3.8) is 0 Å². The highest BCUT2D eigenvalue weighted by Crippen LogP contribution is 2.18. The lowest BCUT2D eigenvalue weighted by molar-refractivity contribution is 0.0240. The number of likely N-dealkylation sites (N-methyl/N-ethyl adjacent to an activating group) is 1. The number of likely N-dealkylation sites (tertiary alicyclic amines) is 1. The summed E-state index contributed by atoms with van der Waals surface area (Å²) >= 11 is 0. The first-order chi connectivity index (χ1) is 8.18. The monoisotopic (exact) mass is 243 g/mol. The molecule has 2 N–H and O–H groups in total. The van der Waals surface area contributed by atoms with E-state index in [1.807, 2.05) is 0 Å². The van der Waals surface area contributed by atoms with Crippen LogP contribution in [0.1, 0.15) is 26.2 Å². The molecule has 1 aliphatic heterocycles. The molecule has 1 saturated heterocycles. The molecule has 17 heavy (non-hydrogen) atoms. The highest BCUT2D eigenvalue weighted by molar-refractivity contribution is 4.89. The highest BCUT2D eigenvalue weighted by Gasteiger charge is 2.31. The van der Waals surface area contributed by atoms with Gasteiger partial charge in [-0.2, -0.15) is 0 Å². The number of hydrogen-bond acceptors (Lipinski definition) is 4. The number of nitrogens with zero attached hydrogens (tertiary/aromatic N) is 2. The van der Waals surface area contributed by atoms with Crippen LogP contribution in [0.25, 0.3) is 0 Å². The minimum atomic E-state index is 0.00841. The van der Waals surface area contributed by atoms with Gasteiger partial charge >= 0.3 is 0 Å². The summed E-state index contributed by atoms with van der Waals surface area (Å²) in [6, 6.07) is 0. The molecule has 0 spiro atoms. The summed E-state index contributed by atoms with van der Waals surface area (Å²) in [5.74, 6) is 0. The van der Waals surface area contributed by atoms with Crippen molar-refractivity contribution in [3.8, 4) is 0 Å². The normalized spacial score (nSPS) is 21.0. The summed E-state index contributed by atoms with van der Waals surface area (Å²) in [6.45, 7) is 8.33. The molecule has 4 heteroatoms. The van der Waals surface area contributed by atoms with Crippen LogP contribution >= 0.6 is 0 Å². The van der Waals surface area contributed by atoms with Gasteiger partial charge in [-0.25, -0.2) is 0 Å². The zero-order valence-corrected chi connectivity index (χ0v) is 11.7. The summed E-state index contributed by atoms with van der Waals surface area (Å²) in [4.78, 5) is 4.93. The van der Waals surface area contributed by atoms with Crippen LogP contribution < -0.4 is 5.73 Å². The largest absolute Gasteiger partial charge is 0.383 e. The molecule has 0 radical (unpaired) electrons. The molecular formula is C13H29N3O. The lowest BCUT2D eigenvalue weighted by Gasteiger charge is -2.40. The SMILES string of the molecule is CCC(CN)(COC)N(C)CCN1CCCC1. The Kier molecular flexibility index (Phi) is 6.41. The molecule has 0 bridgehead atoms. The second kappa shape index (κ2) is 7.31. The molecule has 1 aliphatic rings. The van der Waals surface area contributed by atoms with Crippen LogP contribution in [-0.2, 0) is 4.74 Å². The lowest BCUT2D eigenvalue weighted by atomic mass is 9.95. The molecule has 0 aliphatic carbocycles. The van der Waals surface area contributed by atoms with Crippen LogP contribution in [0, 0.1) is 0 Å². The third kappa shape index (κ3) is 3.91. The molecule has 1 heterocycles. The van der Waals surface area contributed by atoms with E-state index in [1.54, 1.807) is 7.11 Å². The molecule has 0 saturated carbocycles. The second-order valence-corrected chi connectivity index (χ2v) is 5.19. The summed E-state index contributed by atoms with van der Waals surface area (Å²) in [6.07, 6.45) is 3.75. The molecule has 1 fully saturated rings. The maximum Gasteiger partial charge on any atom is 0.0658 e. The van der Waals surface area contributed by atoms with Gasteiger partial charge in [0.15, 0.2) is 0 Å². The third-order valence-corrected chi connectivity index (χ3v) is 4.21. The first-order valence-corrected chi connectivity index (χ1v) is 6.81. The van der Waals surface area contributed by atoms with Crippen LogP contribution in [0.2, 0.25) is 0 Å². The first-order valence-electron chi connectivity index (χ1n) is 6.81. The predicted octanol–water partition coefficient (Wildman–Crippen LogP) is 0.768. The molecular weight excluding hydrogens is 214 g/mol. The van der Waals surface area contributed by atoms with E-state index in [-0.39, 0.29) is 5.54 Å². The molecule has 0 aromatic rings. The fraction of sp³-hybridized carbons (Fsp3) is 1.00. The van der Waals surface area contributed by atoms with Crippen LogP contribution in [-0.4, -0.2) is 68.8 Å². The molecule has 1 rings (SSSR count). The molecule has 0 aromatic carbocycles. The number of hydrogen-bond donors (Lipinski definition) is 1. The number of methoxy groups -OCH3 is 1. The van der Waals surface area contributed by atoms with Crippen molar-refractivity contribution in [3.05, 3.63) is 0 Å². The topological polar surface area (TPSA) is 41.7 Å². The zero-order valence-electron chi connectivity index (χ0n) is 11.7. The van der Waals surface area contributed by atoms with Crippen molar-refractivity contribution < 1.29 is 4.74 Å². The van der Waals surface area contributed by atoms with Gasteiger partial charge in [0.1, 0.15) is 0 Å². The van der Waals surface area contributed by atoms with Crippen LogP contribution in [0.4, 0.5) is 0 Å². The van der Waals surface area contributed by atoms with Gasteiger partial charge in [-0.15, -0.1) is 0 Å². The van der Waals surface area contributed by atoms with Crippen molar-refractivity contribution in [1.82, 2.24) is 9.80 Å². The van der Waals surface area contributed by atoms with Crippen molar-refractivity contribution in [2.75, 3.05) is 53.5 Å². The summed E-state index contributed by atoms with van der Waals surface area (Å²) in [5, 5.41) is 0. The van der Waals surface area contributed by atoms with Gasteiger partial charge in [0, 0.05) is 26.7 Å². The standard InChI is InChI=1S/C13H29N3O/c1-4-13(11-14,12-17-3)15(2)9-10-16-7-5-6-8-16/h4-12,14H2,1-3H3. The highest BCUT2D eigenvalue weighted by atomic mass is 16.5. The summed E-state index contributed by atoms with van der Waals surface area (Å²) in [5.41, 5.74) is 5.96. The van der Waals surface area contributed by atoms with Crippen molar-refractivity contribution >= 4 is 0 Å². The smallest absolute Gasteiger partial charge is 0.0658 e.